The minimum atomic E-state index is -1.24. The Kier molecular flexibility index (Phi) is 6.39. The molecule has 0 saturated carbocycles. The van der Waals surface area contributed by atoms with Gasteiger partial charge >= 0.3 is 18.9 Å². The van der Waals surface area contributed by atoms with Gasteiger partial charge in [-0.15, -0.1) is 0 Å². The van der Waals surface area contributed by atoms with E-state index in [-0.39, 0.29) is 18.9 Å². The first-order valence-corrected chi connectivity index (χ1v) is 4.28. The molecule has 0 amide bonds. The first-order chi connectivity index (χ1) is 7.17. The van der Waals surface area contributed by atoms with E-state index >= 15 is 0 Å². The van der Waals surface area contributed by atoms with Gasteiger partial charge in [0.2, 0.25) is 0 Å². The van der Waals surface area contributed by atoms with Crippen LogP contribution in [0.4, 0.5) is 0 Å². The van der Waals surface area contributed by atoms with Crippen LogP contribution < -0.4 is 33.4 Å². The van der Waals surface area contributed by atoms with Crippen molar-refractivity contribution in [1.29, 1.82) is 0 Å². The summed E-state index contributed by atoms with van der Waals surface area (Å²) in [6.45, 7) is 0. The van der Waals surface area contributed by atoms with Crippen molar-refractivity contribution in [2.75, 3.05) is 14.2 Å². The van der Waals surface area contributed by atoms with E-state index in [0.29, 0.717) is 17.1 Å². The summed E-state index contributed by atoms with van der Waals surface area (Å²) in [7, 11) is 3.05. The maximum atomic E-state index is 10.2. The smallest absolute Gasteiger partial charge is 0.545 e. The second-order valence-corrected chi connectivity index (χ2v) is 2.76. The minimum absolute atomic E-state index is 0. The van der Waals surface area contributed by atoms with E-state index in [9.17, 15) is 9.90 Å². The van der Waals surface area contributed by atoms with Gasteiger partial charge < -0.3 is 19.4 Å². The van der Waals surface area contributed by atoms with Crippen molar-refractivity contribution in [1.82, 2.24) is 0 Å². The van der Waals surface area contributed by atoms with Crippen molar-refractivity contribution in [2.24, 2.45) is 0 Å². The van der Waals surface area contributed by atoms with E-state index in [4.69, 9.17) is 9.47 Å². The molecule has 0 aromatic heterocycles. The number of rotatable bonds is 4. The molecule has 5 heteroatoms. The second kappa shape index (κ2) is 6.99. The molecule has 16 heavy (non-hydrogen) atoms. The maximum Gasteiger partial charge on any atom is 1.00 e. The molecule has 1 aromatic carbocycles. The average Bonchev–Trinajstić information content (AvgIpc) is 2.25. The molecule has 0 atom stereocenters. The Balaban J connectivity index is 0.00000225. The van der Waals surface area contributed by atoms with Gasteiger partial charge in [-0.2, -0.15) is 0 Å². The predicted molar refractivity (Wildman–Crippen MR) is 53.6 cm³/mol. The van der Waals surface area contributed by atoms with E-state index < -0.39 is 5.97 Å². The van der Waals surface area contributed by atoms with Crippen LogP contribution in [0.2, 0.25) is 0 Å². The summed E-state index contributed by atoms with van der Waals surface area (Å²) in [6, 6.07) is 5.10. The number of hydrogen-bond acceptors (Lipinski definition) is 4. The van der Waals surface area contributed by atoms with Crippen molar-refractivity contribution in [3.63, 3.8) is 0 Å². The van der Waals surface area contributed by atoms with Crippen molar-refractivity contribution in [3.05, 3.63) is 29.8 Å². The topological polar surface area (TPSA) is 58.6 Å². The zero-order valence-corrected chi connectivity index (χ0v) is 9.52. The van der Waals surface area contributed by atoms with Gasteiger partial charge in [0.15, 0.2) is 0 Å². The number of carboxylic acid groups (broad SMARTS) is 1. The third-order valence-corrected chi connectivity index (χ3v) is 1.84. The molecule has 0 aliphatic carbocycles. The fourth-order valence-electron chi connectivity index (χ4n) is 1.11. The van der Waals surface area contributed by atoms with E-state index in [1.807, 2.05) is 0 Å². The zero-order valence-electron chi connectivity index (χ0n) is 9.52. The van der Waals surface area contributed by atoms with Gasteiger partial charge in [0.1, 0.15) is 11.5 Å². The first kappa shape index (κ1) is 14.6. The van der Waals surface area contributed by atoms with Crippen LogP contribution in [0.15, 0.2) is 24.3 Å². The quantitative estimate of drug-likeness (QED) is 0.409. The summed E-state index contributed by atoms with van der Waals surface area (Å²) in [5, 5.41) is 10.2. The summed E-state index contributed by atoms with van der Waals surface area (Å²) in [5.74, 6) is -0.0443. The Bertz CT molecular complexity index is 388. The standard InChI is InChI=1S/C11H12O4.Li/c1-14-9-5-3-8(4-6-11(12)13)10(7-9)15-2;/h3-7H,1-2H3,(H,12,13);/q;+1/p-1/b6-4+;. The first-order valence-electron chi connectivity index (χ1n) is 4.28. The van der Waals surface area contributed by atoms with Gasteiger partial charge in [-0.25, -0.2) is 0 Å². The van der Waals surface area contributed by atoms with Gasteiger partial charge in [-0.1, -0.05) is 0 Å². The van der Waals surface area contributed by atoms with Gasteiger partial charge in [-0.05, 0) is 24.3 Å². The molecule has 0 radical (unpaired) electrons. The normalized spacial score (nSPS) is 9.62. The predicted octanol–water partition coefficient (Wildman–Crippen LogP) is -2.53. The largest absolute Gasteiger partial charge is 1.00 e. The van der Waals surface area contributed by atoms with Gasteiger partial charge in [0.25, 0.3) is 0 Å². The number of carboxylic acids is 1. The van der Waals surface area contributed by atoms with Crippen LogP contribution in [-0.4, -0.2) is 20.2 Å². The third-order valence-electron chi connectivity index (χ3n) is 1.84. The molecule has 0 saturated heterocycles. The molecule has 0 bridgehead atoms. The van der Waals surface area contributed by atoms with E-state index in [2.05, 4.69) is 0 Å². The van der Waals surface area contributed by atoms with Crippen LogP contribution in [0.1, 0.15) is 5.56 Å². The summed E-state index contributed by atoms with van der Waals surface area (Å²) in [4.78, 5) is 10.2. The molecule has 0 heterocycles. The van der Waals surface area contributed by atoms with Crippen LogP contribution in [0.25, 0.3) is 6.08 Å². The number of benzene rings is 1. The molecule has 0 unspecified atom stereocenters. The Morgan fingerprint density at radius 3 is 2.50 bits per heavy atom. The second-order valence-electron chi connectivity index (χ2n) is 2.76. The number of methoxy groups -OCH3 is 2. The Morgan fingerprint density at radius 2 is 2.00 bits per heavy atom. The molecule has 0 fully saturated rings. The number of ether oxygens (including phenoxy) is 2. The molecule has 0 aliphatic heterocycles. The Morgan fingerprint density at radius 1 is 1.31 bits per heavy atom. The molecule has 0 spiro atoms. The molecule has 1 rings (SSSR count). The van der Waals surface area contributed by atoms with Crippen LogP contribution >= 0.6 is 0 Å². The number of aliphatic carboxylic acids is 1. The molecule has 1 aromatic rings. The van der Waals surface area contributed by atoms with E-state index in [1.165, 1.54) is 13.2 Å². The van der Waals surface area contributed by atoms with Crippen molar-refractivity contribution in [2.45, 2.75) is 0 Å². The molecule has 0 aliphatic rings. The number of carbonyl (C=O) groups excluding carboxylic acids is 1. The fraction of sp³-hybridized carbons (Fsp3) is 0.182. The van der Waals surface area contributed by atoms with Crippen molar-refractivity contribution >= 4 is 12.0 Å². The molecule has 0 N–H and O–H groups in total. The van der Waals surface area contributed by atoms with Crippen LogP contribution in [0.5, 0.6) is 11.5 Å². The summed E-state index contributed by atoms with van der Waals surface area (Å²) in [6.07, 6.45) is 2.36. The van der Waals surface area contributed by atoms with Crippen molar-refractivity contribution in [3.8, 4) is 11.5 Å². The Hall–Kier alpha value is -1.37. The summed E-state index contributed by atoms with van der Waals surface area (Å²) >= 11 is 0. The molecule has 80 valence electrons. The van der Waals surface area contributed by atoms with Gasteiger partial charge in [0.05, 0.1) is 20.2 Å². The fourth-order valence-corrected chi connectivity index (χ4v) is 1.11. The van der Waals surface area contributed by atoms with Crippen LogP contribution in [-0.2, 0) is 4.79 Å². The van der Waals surface area contributed by atoms with Crippen LogP contribution in [0.3, 0.4) is 0 Å². The van der Waals surface area contributed by atoms with E-state index in [0.717, 1.165) is 6.08 Å². The minimum Gasteiger partial charge on any atom is -0.545 e. The van der Waals surface area contributed by atoms with Crippen LogP contribution in [0, 0.1) is 0 Å². The summed E-state index contributed by atoms with van der Waals surface area (Å²) < 4.78 is 10.1. The zero-order chi connectivity index (χ0) is 11.3. The monoisotopic (exact) mass is 214 g/mol. The molecular formula is C11H11LiO4. The number of hydrogen-bond donors (Lipinski definition) is 0. The van der Waals surface area contributed by atoms with Gasteiger partial charge in [-0.3, -0.25) is 0 Å². The third kappa shape index (κ3) is 4.01. The Labute approximate surface area is 106 Å². The SMILES string of the molecule is COc1ccc(/C=C/C(=O)[O-])c(OC)c1.[Li+]. The maximum absolute atomic E-state index is 10.2. The average molecular weight is 214 g/mol. The summed E-state index contributed by atoms with van der Waals surface area (Å²) in [5.41, 5.74) is 0.655. The van der Waals surface area contributed by atoms with E-state index in [1.54, 1.807) is 25.3 Å². The van der Waals surface area contributed by atoms with Crippen molar-refractivity contribution < 1.29 is 38.2 Å². The van der Waals surface area contributed by atoms with Gasteiger partial charge in [0, 0.05) is 11.6 Å². The number of carbonyl (C=O) groups is 1. The molecule has 4 nitrogen and oxygen atoms in total. The molecular weight excluding hydrogens is 203 g/mol.